The highest BCUT2D eigenvalue weighted by Crippen LogP contribution is 2.39. The van der Waals surface area contributed by atoms with Gasteiger partial charge in [0.25, 0.3) is 0 Å². The zero-order valence-corrected chi connectivity index (χ0v) is 13.3. The summed E-state index contributed by atoms with van der Waals surface area (Å²) in [5.74, 6) is 1.20. The van der Waals surface area contributed by atoms with Gasteiger partial charge in [0.15, 0.2) is 0 Å². The Labute approximate surface area is 131 Å². The first-order chi connectivity index (χ1) is 10.6. The van der Waals surface area contributed by atoms with Crippen molar-refractivity contribution < 1.29 is 9.90 Å². The zero-order chi connectivity index (χ0) is 15.6. The van der Waals surface area contributed by atoms with Crippen LogP contribution in [0.4, 0.5) is 4.79 Å². The molecule has 2 unspecified atom stereocenters. The van der Waals surface area contributed by atoms with Gasteiger partial charge in [0, 0.05) is 44.5 Å². The molecule has 22 heavy (non-hydrogen) atoms. The number of carbonyl (C=O) groups excluding carboxylic acids is 1. The zero-order valence-electron chi connectivity index (χ0n) is 13.3. The Morgan fingerprint density at radius 2 is 2.36 bits per heavy atom. The Bertz CT molecular complexity index is 530. The van der Waals surface area contributed by atoms with Crippen molar-refractivity contribution in [2.45, 2.75) is 51.2 Å². The number of nitrogens with zero attached hydrogens (tertiary/aromatic N) is 3. The number of fused-ring (bicyclic) bond motifs is 1. The summed E-state index contributed by atoms with van der Waals surface area (Å²) in [5, 5.41) is 13.6. The van der Waals surface area contributed by atoms with Crippen molar-refractivity contribution >= 4 is 6.03 Å². The van der Waals surface area contributed by atoms with Gasteiger partial charge in [-0.1, -0.05) is 12.8 Å². The van der Waals surface area contributed by atoms with E-state index in [1.165, 1.54) is 6.42 Å². The Kier molecular flexibility index (Phi) is 4.38. The van der Waals surface area contributed by atoms with Gasteiger partial charge < -0.3 is 19.9 Å². The highest BCUT2D eigenvalue weighted by atomic mass is 16.3. The van der Waals surface area contributed by atoms with Crippen LogP contribution >= 0.6 is 0 Å². The minimum absolute atomic E-state index is 0.00890. The van der Waals surface area contributed by atoms with Crippen LogP contribution in [0, 0.1) is 12.8 Å². The lowest BCUT2D eigenvalue weighted by Gasteiger charge is -2.47. The molecule has 2 fully saturated rings. The third-order valence-corrected chi connectivity index (χ3v) is 5.27. The number of urea groups is 1. The first-order valence-corrected chi connectivity index (χ1v) is 8.31. The van der Waals surface area contributed by atoms with Gasteiger partial charge >= 0.3 is 6.03 Å². The molecule has 1 saturated heterocycles. The maximum absolute atomic E-state index is 12.3. The van der Waals surface area contributed by atoms with Gasteiger partial charge in [-0.15, -0.1) is 0 Å². The van der Waals surface area contributed by atoms with E-state index in [2.05, 4.69) is 10.3 Å². The van der Waals surface area contributed by atoms with Crippen molar-refractivity contribution in [1.82, 2.24) is 19.8 Å². The fourth-order valence-corrected chi connectivity index (χ4v) is 3.79. The van der Waals surface area contributed by atoms with E-state index in [0.717, 1.165) is 31.6 Å². The van der Waals surface area contributed by atoms with Crippen LogP contribution in [0.2, 0.25) is 0 Å². The number of nitrogens with one attached hydrogen (secondary N) is 1. The van der Waals surface area contributed by atoms with Crippen LogP contribution in [0.15, 0.2) is 12.4 Å². The van der Waals surface area contributed by atoms with Crippen LogP contribution in [-0.4, -0.2) is 50.8 Å². The van der Waals surface area contributed by atoms with Gasteiger partial charge in [-0.2, -0.15) is 0 Å². The third kappa shape index (κ3) is 3.11. The van der Waals surface area contributed by atoms with Crippen molar-refractivity contribution in [3.8, 4) is 0 Å². The number of hydrogen-bond donors (Lipinski definition) is 2. The Morgan fingerprint density at radius 1 is 1.50 bits per heavy atom. The van der Waals surface area contributed by atoms with E-state index in [9.17, 15) is 9.90 Å². The molecule has 1 saturated carbocycles. The van der Waals surface area contributed by atoms with Crippen LogP contribution in [-0.2, 0) is 6.54 Å². The molecule has 1 aliphatic carbocycles. The normalized spacial score (nSPS) is 28.3. The van der Waals surface area contributed by atoms with Crippen molar-refractivity contribution in [2.24, 2.45) is 5.92 Å². The molecule has 0 spiro atoms. The number of carbonyl (C=O) groups is 1. The summed E-state index contributed by atoms with van der Waals surface area (Å²) in [6.07, 6.45) is 8.62. The molecule has 6 nitrogen and oxygen atoms in total. The topological polar surface area (TPSA) is 70.4 Å². The molecule has 122 valence electrons. The van der Waals surface area contributed by atoms with E-state index in [4.69, 9.17) is 0 Å². The molecule has 2 atom stereocenters. The van der Waals surface area contributed by atoms with Gasteiger partial charge in [0.05, 0.1) is 5.60 Å². The minimum Gasteiger partial charge on any atom is -0.389 e. The van der Waals surface area contributed by atoms with Crippen molar-refractivity contribution in [3.05, 3.63) is 18.2 Å². The van der Waals surface area contributed by atoms with Gasteiger partial charge in [-0.3, -0.25) is 0 Å². The number of aromatic nitrogens is 2. The molecule has 1 aromatic heterocycles. The number of amides is 2. The maximum atomic E-state index is 12.3. The number of piperidine rings is 1. The molecule has 2 aliphatic rings. The summed E-state index contributed by atoms with van der Waals surface area (Å²) in [4.78, 5) is 18.3. The third-order valence-electron chi connectivity index (χ3n) is 5.27. The average molecular weight is 306 g/mol. The van der Waals surface area contributed by atoms with Crippen LogP contribution in [0.1, 0.15) is 37.9 Å². The van der Waals surface area contributed by atoms with E-state index < -0.39 is 5.60 Å². The predicted molar refractivity (Wildman–Crippen MR) is 83.5 cm³/mol. The van der Waals surface area contributed by atoms with E-state index >= 15 is 0 Å². The molecule has 0 bridgehead atoms. The summed E-state index contributed by atoms with van der Waals surface area (Å²) < 4.78 is 2.02. The van der Waals surface area contributed by atoms with Crippen molar-refractivity contribution in [2.75, 3.05) is 19.6 Å². The molecule has 0 radical (unpaired) electrons. The molecular weight excluding hydrogens is 280 g/mol. The molecule has 3 rings (SSSR count). The van der Waals surface area contributed by atoms with Gasteiger partial charge in [-0.25, -0.2) is 9.78 Å². The number of likely N-dealkylation sites (tertiary alicyclic amines) is 1. The quantitative estimate of drug-likeness (QED) is 0.889. The summed E-state index contributed by atoms with van der Waals surface area (Å²) in [6, 6.07) is -0.00890. The highest BCUT2D eigenvalue weighted by Gasteiger charge is 2.43. The predicted octanol–water partition coefficient (Wildman–Crippen LogP) is 1.53. The maximum Gasteiger partial charge on any atom is 0.317 e. The second-order valence-electron chi connectivity index (χ2n) is 6.64. The monoisotopic (exact) mass is 306 g/mol. The summed E-state index contributed by atoms with van der Waals surface area (Å²) in [6.45, 7) is 4.63. The van der Waals surface area contributed by atoms with E-state index in [0.29, 0.717) is 26.1 Å². The molecule has 2 heterocycles. The molecule has 1 aromatic rings. The second-order valence-corrected chi connectivity index (χ2v) is 6.64. The average Bonchev–Trinajstić information content (AvgIpc) is 2.91. The molecule has 1 aliphatic heterocycles. The molecule has 6 heteroatoms. The lowest BCUT2D eigenvalue weighted by Crippen LogP contribution is -2.56. The molecule has 0 aromatic carbocycles. The minimum atomic E-state index is -0.525. The number of hydrogen-bond acceptors (Lipinski definition) is 3. The van der Waals surface area contributed by atoms with Gasteiger partial charge in [0.1, 0.15) is 5.82 Å². The summed E-state index contributed by atoms with van der Waals surface area (Å²) in [5.41, 5.74) is -0.525. The fourth-order valence-electron chi connectivity index (χ4n) is 3.79. The van der Waals surface area contributed by atoms with E-state index in [-0.39, 0.29) is 11.9 Å². The van der Waals surface area contributed by atoms with E-state index in [1.807, 2.05) is 22.6 Å². The standard InChI is InChI=1S/C16H26N4O2/c1-13-17-7-10-19(13)11-8-18-15(21)20-9-6-16(22)5-3-2-4-14(16)12-20/h7,10,14,22H,2-6,8-9,11-12H2,1H3,(H,18,21). The number of rotatable bonds is 3. The van der Waals surface area contributed by atoms with Crippen molar-refractivity contribution in [1.29, 1.82) is 0 Å². The molecular formula is C16H26N4O2. The van der Waals surface area contributed by atoms with Crippen LogP contribution in [0.3, 0.4) is 0 Å². The van der Waals surface area contributed by atoms with Crippen molar-refractivity contribution in [3.63, 3.8) is 0 Å². The summed E-state index contributed by atoms with van der Waals surface area (Å²) in [7, 11) is 0. The number of aliphatic hydroxyl groups is 1. The van der Waals surface area contributed by atoms with Crippen LogP contribution in [0.5, 0.6) is 0 Å². The molecule has 2 N–H and O–H groups in total. The van der Waals surface area contributed by atoms with Crippen LogP contribution in [0.25, 0.3) is 0 Å². The summed E-state index contributed by atoms with van der Waals surface area (Å²) >= 11 is 0. The first-order valence-electron chi connectivity index (χ1n) is 8.31. The SMILES string of the molecule is Cc1nccn1CCNC(=O)N1CCC2(O)CCCCC2C1. The Balaban J connectivity index is 1.48. The lowest BCUT2D eigenvalue weighted by atomic mass is 9.71. The fraction of sp³-hybridized carbons (Fsp3) is 0.750. The second kappa shape index (κ2) is 6.28. The largest absolute Gasteiger partial charge is 0.389 e. The highest BCUT2D eigenvalue weighted by molar-refractivity contribution is 5.74. The van der Waals surface area contributed by atoms with Gasteiger partial charge in [0.2, 0.25) is 0 Å². The number of imidazole rings is 1. The Morgan fingerprint density at radius 3 is 3.14 bits per heavy atom. The lowest BCUT2D eigenvalue weighted by molar-refractivity contribution is -0.0870. The molecule has 2 amide bonds. The smallest absolute Gasteiger partial charge is 0.317 e. The van der Waals surface area contributed by atoms with Crippen LogP contribution < -0.4 is 5.32 Å². The number of aryl methyl sites for hydroxylation is 1. The first kappa shape index (κ1) is 15.3. The van der Waals surface area contributed by atoms with Gasteiger partial charge in [-0.05, 0) is 26.2 Å². The Hall–Kier alpha value is -1.56. The van der Waals surface area contributed by atoms with E-state index in [1.54, 1.807) is 6.20 Å².